The number of nitrogens with zero attached hydrogens (tertiary/aromatic N) is 3. The number of aryl methyl sites for hydroxylation is 1. The monoisotopic (exact) mass is 740 g/mol. The van der Waals surface area contributed by atoms with Gasteiger partial charge in [0.15, 0.2) is 5.78 Å². The van der Waals surface area contributed by atoms with Gasteiger partial charge in [-0.05, 0) is 116 Å². The van der Waals surface area contributed by atoms with Crippen molar-refractivity contribution < 1.29 is 23.5 Å². The number of carbonyl (C=O) groups excluding carboxylic acids is 3. The van der Waals surface area contributed by atoms with Crippen LogP contribution in [0.15, 0.2) is 85.1 Å². The minimum atomic E-state index is -0.315. The van der Waals surface area contributed by atoms with Gasteiger partial charge in [0.25, 0.3) is 11.8 Å². The Morgan fingerprint density at radius 3 is 2.54 bits per heavy atom. The molecule has 8 nitrogen and oxygen atoms in total. The number of halogens is 1. The zero-order valence-corrected chi connectivity index (χ0v) is 31.0. The number of rotatable bonds is 8. The van der Waals surface area contributed by atoms with Crippen molar-refractivity contribution in [3.8, 4) is 10.4 Å². The van der Waals surface area contributed by atoms with E-state index in [4.69, 9.17) is 4.74 Å². The summed E-state index contributed by atoms with van der Waals surface area (Å²) in [5, 5.41) is 3.03. The van der Waals surface area contributed by atoms with Gasteiger partial charge >= 0.3 is 0 Å². The molecule has 4 aliphatic rings. The third-order valence-electron chi connectivity index (χ3n) is 11.4. The van der Waals surface area contributed by atoms with E-state index in [1.54, 1.807) is 41.4 Å². The summed E-state index contributed by atoms with van der Waals surface area (Å²) in [5.74, 6) is 0.249. The lowest BCUT2D eigenvalue weighted by atomic mass is 9.73. The molecule has 3 aliphatic heterocycles. The fourth-order valence-corrected chi connectivity index (χ4v) is 9.48. The number of pyridine rings is 1. The number of nitrogens with one attached hydrogen (secondary N) is 1. The molecule has 1 aliphatic carbocycles. The van der Waals surface area contributed by atoms with Gasteiger partial charge < -0.3 is 19.9 Å². The Morgan fingerprint density at radius 2 is 1.76 bits per heavy atom. The first kappa shape index (κ1) is 34.6. The molecule has 5 heterocycles. The first-order chi connectivity index (χ1) is 26.2. The van der Waals surface area contributed by atoms with Crippen molar-refractivity contribution in [3.05, 3.63) is 129 Å². The molecule has 5 aromatic rings. The number of thiophene rings is 1. The normalized spacial score (nSPS) is 17.3. The fraction of sp³-hybridized carbons (Fsp3) is 0.318. The molecule has 1 N–H and O–H groups in total. The van der Waals surface area contributed by atoms with Gasteiger partial charge in [0.1, 0.15) is 11.6 Å². The van der Waals surface area contributed by atoms with Crippen LogP contribution in [-0.4, -0.2) is 55.4 Å². The number of ether oxygens (including phenoxy) is 1. The number of carbonyl (C=O) groups is 3. The van der Waals surface area contributed by atoms with Crippen LogP contribution in [0.5, 0.6) is 0 Å². The van der Waals surface area contributed by atoms with E-state index in [0.29, 0.717) is 52.0 Å². The lowest BCUT2D eigenvalue weighted by Crippen LogP contribution is -2.59. The molecule has 54 heavy (non-hydrogen) atoms. The average molecular weight is 741 g/mol. The number of benzene rings is 3. The van der Waals surface area contributed by atoms with E-state index in [0.717, 1.165) is 84.8 Å². The minimum absolute atomic E-state index is 0.0406. The number of hydrogen-bond donors (Lipinski definition) is 1. The highest BCUT2D eigenvalue weighted by Gasteiger charge is 2.45. The first-order valence-electron chi connectivity index (χ1n) is 18.8. The lowest BCUT2D eigenvalue weighted by Gasteiger charge is -2.53. The second-order valence-electron chi connectivity index (χ2n) is 15.3. The summed E-state index contributed by atoms with van der Waals surface area (Å²) < 4.78 is 20.5. The smallest absolute Gasteiger partial charge is 0.259 e. The maximum atomic E-state index is 14.9. The van der Waals surface area contributed by atoms with Crippen LogP contribution in [0.2, 0.25) is 0 Å². The summed E-state index contributed by atoms with van der Waals surface area (Å²) in [6.07, 6.45) is 6.54. The van der Waals surface area contributed by atoms with Crippen LogP contribution in [-0.2, 0) is 17.6 Å². The molecule has 10 heteroatoms. The number of hydrogen-bond acceptors (Lipinski definition) is 7. The zero-order chi connectivity index (χ0) is 37.0. The van der Waals surface area contributed by atoms with Gasteiger partial charge in [-0.15, -0.1) is 11.3 Å². The summed E-state index contributed by atoms with van der Waals surface area (Å²) in [6, 6.07) is 23.7. The van der Waals surface area contributed by atoms with Crippen molar-refractivity contribution in [2.45, 2.75) is 51.4 Å². The maximum Gasteiger partial charge on any atom is 0.259 e. The van der Waals surface area contributed by atoms with E-state index < -0.39 is 0 Å². The second kappa shape index (κ2) is 13.9. The van der Waals surface area contributed by atoms with Gasteiger partial charge in [-0.25, -0.2) is 9.37 Å². The summed E-state index contributed by atoms with van der Waals surface area (Å²) in [5.41, 5.74) is 6.92. The Morgan fingerprint density at radius 1 is 0.981 bits per heavy atom. The molecule has 0 atom stereocenters. The number of fused-ring (bicyclic) bond motifs is 3. The van der Waals surface area contributed by atoms with Crippen molar-refractivity contribution >= 4 is 46.1 Å². The molecule has 9 rings (SSSR count). The van der Waals surface area contributed by atoms with Crippen LogP contribution in [0.4, 0.5) is 21.6 Å². The van der Waals surface area contributed by atoms with E-state index in [-0.39, 0.29) is 35.3 Å². The summed E-state index contributed by atoms with van der Waals surface area (Å²) >= 11 is 1.42. The third-order valence-corrected chi connectivity index (χ3v) is 12.7. The van der Waals surface area contributed by atoms with Gasteiger partial charge in [-0.1, -0.05) is 30.3 Å². The Labute approximate surface area is 318 Å². The molecule has 1 spiro atoms. The predicted molar refractivity (Wildman–Crippen MR) is 210 cm³/mol. The molecular weight excluding hydrogens is 700 g/mol. The van der Waals surface area contributed by atoms with Crippen LogP contribution in [0.25, 0.3) is 10.4 Å². The minimum Gasteiger partial charge on any atom is -0.381 e. The first-order valence-corrected chi connectivity index (χ1v) is 19.6. The molecule has 3 fully saturated rings. The van der Waals surface area contributed by atoms with E-state index in [2.05, 4.69) is 15.2 Å². The third kappa shape index (κ3) is 6.51. The molecule has 0 radical (unpaired) electrons. The fourth-order valence-electron chi connectivity index (χ4n) is 8.30. The van der Waals surface area contributed by atoms with Crippen LogP contribution in [0, 0.1) is 18.2 Å². The highest BCUT2D eigenvalue weighted by atomic mass is 32.1. The van der Waals surface area contributed by atoms with E-state index >= 15 is 0 Å². The van der Waals surface area contributed by atoms with Crippen LogP contribution in [0.1, 0.15) is 84.2 Å². The largest absolute Gasteiger partial charge is 0.381 e. The van der Waals surface area contributed by atoms with Crippen molar-refractivity contribution in [1.29, 1.82) is 0 Å². The zero-order valence-electron chi connectivity index (χ0n) is 30.2. The van der Waals surface area contributed by atoms with Crippen molar-refractivity contribution in [1.82, 2.24) is 4.98 Å². The molecule has 0 unspecified atom stereocenters. The van der Waals surface area contributed by atoms with Crippen molar-refractivity contribution in [3.63, 3.8) is 0 Å². The Kier molecular flexibility index (Phi) is 8.90. The number of ketones is 1. The summed E-state index contributed by atoms with van der Waals surface area (Å²) in [7, 11) is 0. The molecule has 2 aromatic heterocycles. The van der Waals surface area contributed by atoms with Crippen molar-refractivity contribution in [2.24, 2.45) is 5.41 Å². The molecule has 3 aromatic carbocycles. The molecule has 2 saturated heterocycles. The average Bonchev–Trinajstić information content (AvgIpc) is 3.96. The summed E-state index contributed by atoms with van der Waals surface area (Å²) in [6.45, 7) is 5.66. The Bertz CT molecular complexity index is 2280. The number of para-hydroxylation sites is 1. The predicted octanol–water partition coefficient (Wildman–Crippen LogP) is 8.63. The highest BCUT2D eigenvalue weighted by Crippen LogP contribution is 2.45. The second-order valence-corrected chi connectivity index (χ2v) is 16.3. The van der Waals surface area contributed by atoms with Crippen LogP contribution in [0.3, 0.4) is 0 Å². The quantitative estimate of drug-likeness (QED) is 0.160. The molecular formula is C44H41FN4O4S. The van der Waals surface area contributed by atoms with Gasteiger partial charge in [0.05, 0.1) is 16.1 Å². The summed E-state index contributed by atoms with van der Waals surface area (Å²) in [4.78, 5) is 51.5. The number of anilines is 3. The van der Waals surface area contributed by atoms with Crippen LogP contribution < -0.4 is 15.1 Å². The van der Waals surface area contributed by atoms with E-state index in [1.165, 1.54) is 17.4 Å². The number of amides is 2. The van der Waals surface area contributed by atoms with Gasteiger partial charge in [0.2, 0.25) is 0 Å². The molecule has 1 saturated carbocycles. The highest BCUT2D eigenvalue weighted by molar-refractivity contribution is 7.17. The van der Waals surface area contributed by atoms with Gasteiger partial charge in [0, 0.05) is 72.6 Å². The number of aromatic nitrogens is 1. The Hall–Kier alpha value is -5.19. The SMILES string of the molecule is Cc1cnc(N2CC3(CCOCC3)C2)c(C(=O)Nc2ccc(C(=O)N3CCc4cc(C(=O)Cc5c(F)cccc5C5CC5)sc4-c4ccccc43)cc2)c1. The van der Waals surface area contributed by atoms with Gasteiger partial charge in [-0.3, -0.25) is 14.4 Å². The molecule has 274 valence electrons. The van der Waals surface area contributed by atoms with E-state index in [9.17, 15) is 18.8 Å². The van der Waals surface area contributed by atoms with Gasteiger partial charge in [-0.2, -0.15) is 0 Å². The lowest BCUT2D eigenvalue weighted by molar-refractivity contribution is -0.000511. The van der Waals surface area contributed by atoms with Crippen LogP contribution >= 0.6 is 11.3 Å². The standard InChI is InChI=1S/C44H41FN4O4S/c1-27-21-35(41(46-24-27)48-25-44(26-48)16-19-53-20-17-44)42(51)47-31-13-11-29(12-14-31)43(52)49-18-15-30-22-39(54-40(30)33-5-2-3-8-37(33)49)38(50)23-34-32(28-9-10-28)6-4-7-36(34)45/h2-8,11-14,21-22,24,28H,9-10,15-20,23,25-26H2,1H3,(H,47,51). The molecule has 2 amide bonds. The van der Waals surface area contributed by atoms with E-state index in [1.807, 2.05) is 49.4 Å². The Balaban J connectivity index is 0.903. The topological polar surface area (TPSA) is 91.8 Å². The van der Waals surface area contributed by atoms with Crippen molar-refractivity contribution in [2.75, 3.05) is 48.0 Å². The number of Topliss-reactive ketones (excluding diaryl/α,β-unsaturated/α-hetero) is 1. The molecule has 0 bridgehead atoms. The maximum absolute atomic E-state index is 14.9.